The number of anilines is 2. The molecule has 1 fully saturated rings. The highest BCUT2D eigenvalue weighted by Gasteiger charge is 2.50. The van der Waals surface area contributed by atoms with Crippen molar-refractivity contribution in [2.45, 2.75) is 104 Å². The number of rotatable bonds is 6. The molecule has 69 heavy (non-hydrogen) atoms. The van der Waals surface area contributed by atoms with Crippen molar-refractivity contribution in [3.8, 4) is 17.2 Å². The summed E-state index contributed by atoms with van der Waals surface area (Å²) in [5.74, 6) is -8.11. The molecule has 4 aliphatic rings. The molecule has 1 saturated heterocycles. The van der Waals surface area contributed by atoms with Gasteiger partial charge in [-0.3, -0.25) is 44.2 Å². The number of hydrogen-bond acceptors (Lipinski definition) is 19. The zero-order chi connectivity index (χ0) is 50.4. The maximum absolute atomic E-state index is 14.8. The Morgan fingerprint density at radius 3 is 2.33 bits per heavy atom. The maximum Gasteiger partial charge on any atom is 0.345 e. The SMILES string of the molecule is CO[C@H]1/C=C/O[C@@]2(C)Oc3c(C)c(O)c4c(O)c(c5c(c4c3C2=O)=NC2(CCN(CC(=O)Nc3ncc([N+](=O)[O-])s3)CC2)N=5)NC(=O)/C(C)=C\C=C\[C@H](C)[C@H](O)[C@@H](C)[C@@H](O)[C@@H](C)[C@H](OC(C)=O)[C@@H]1C. The van der Waals surface area contributed by atoms with Gasteiger partial charge in [-0.05, 0) is 31.3 Å². The van der Waals surface area contributed by atoms with E-state index < -0.39 is 99.5 Å². The second-order valence-corrected chi connectivity index (χ2v) is 19.4. The lowest BCUT2D eigenvalue weighted by molar-refractivity contribution is -0.380. The quantitative estimate of drug-likeness (QED) is 0.0877. The number of likely N-dealkylation sites (tertiary alicyclic amines) is 1. The summed E-state index contributed by atoms with van der Waals surface area (Å²) in [5.41, 5.74) is -1.20. The van der Waals surface area contributed by atoms with Crippen LogP contribution in [0.25, 0.3) is 10.8 Å². The van der Waals surface area contributed by atoms with Crippen LogP contribution in [0.3, 0.4) is 0 Å². The number of allylic oxidation sites excluding steroid dienone is 2. The van der Waals surface area contributed by atoms with Gasteiger partial charge in [0, 0.05) is 87.1 Å². The molecular formula is C47H57N7O14S. The minimum absolute atomic E-state index is 0.00599. The summed E-state index contributed by atoms with van der Waals surface area (Å²) >= 11 is 0.731. The molecule has 9 atom stereocenters. The number of aliphatic hydroxyl groups is 2. The predicted octanol–water partition coefficient (Wildman–Crippen LogP) is 4.10. The van der Waals surface area contributed by atoms with Crippen LogP contribution in [0.2, 0.25) is 0 Å². The Hall–Kier alpha value is -6.33. The summed E-state index contributed by atoms with van der Waals surface area (Å²) in [6, 6.07) is 0. The van der Waals surface area contributed by atoms with Crippen LogP contribution in [-0.2, 0) is 28.6 Å². The number of benzene rings is 2. The van der Waals surface area contributed by atoms with Gasteiger partial charge in [-0.1, -0.05) is 45.9 Å². The lowest BCUT2D eigenvalue weighted by Gasteiger charge is -2.38. The van der Waals surface area contributed by atoms with Crippen molar-refractivity contribution in [1.29, 1.82) is 0 Å². The van der Waals surface area contributed by atoms with Crippen molar-refractivity contribution in [1.82, 2.24) is 9.88 Å². The number of ketones is 1. The molecule has 5 heterocycles. The van der Waals surface area contributed by atoms with Crippen LogP contribution in [0, 0.1) is 40.7 Å². The van der Waals surface area contributed by atoms with E-state index in [0.717, 1.165) is 17.5 Å². The Balaban J connectivity index is 1.32. The van der Waals surface area contributed by atoms with Gasteiger partial charge in [0.1, 0.15) is 34.8 Å². The number of nitrogens with one attached hydrogen (secondary N) is 2. The Labute approximate surface area is 400 Å². The molecule has 0 aliphatic carbocycles. The molecular weight excluding hydrogens is 919 g/mol. The van der Waals surface area contributed by atoms with Gasteiger partial charge in [-0.15, -0.1) is 0 Å². The summed E-state index contributed by atoms with van der Waals surface area (Å²) in [7, 11) is 1.43. The normalized spacial score (nSPS) is 30.0. The van der Waals surface area contributed by atoms with E-state index in [1.54, 1.807) is 39.8 Å². The third-order valence-corrected chi connectivity index (χ3v) is 14.4. The summed E-state index contributed by atoms with van der Waals surface area (Å²) in [6.45, 7) is 13.1. The van der Waals surface area contributed by atoms with Gasteiger partial charge in [-0.2, -0.15) is 0 Å². The minimum Gasteiger partial charge on any atom is -0.507 e. The number of nitrogens with zero attached hydrogens (tertiary/aromatic N) is 5. The highest BCUT2D eigenvalue weighted by Crippen LogP contribution is 2.50. The van der Waals surface area contributed by atoms with Gasteiger partial charge in [0.15, 0.2) is 16.5 Å². The number of phenols is 2. The molecule has 2 amide bonds. The molecule has 4 aliphatic heterocycles. The van der Waals surface area contributed by atoms with E-state index in [1.165, 1.54) is 53.2 Å². The summed E-state index contributed by atoms with van der Waals surface area (Å²) < 4.78 is 23.9. The number of carbonyl (C=O) groups is 4. The second kappa shape index (κ2) is 19.6. The van der Waals surface area contributed by atoms with Crippen molar-refractivity contribution in [3.63, 3.8) is 0 Å². The van der Waals surface area contributed by atoms with E-state index in [4.69, 9.17) is 28.9 Å². The van der Waals surface area contributed by atoms with Crippen LogP contribution in [-0.4, -0.2) is 121 Å². The predicted molar refractivity (Wildman–Crippen MR) is 250 cm³/mol. The first-order valence-electron chi connectivity index (χ1n) is 22.5. The topological polar surface area (TPSA) is 294 Å². The van der Waals surface area contributed by atoms with E-state index in [0.29, 0.717) is 13.1 Å². The molecule has 6 N–H and O–H groups in total. The number of methoxy groups -OCH3 is 1. The fourth-order valence-corrected chi connectivity index (χ4v) is 10.1. The first-order valence-corrected chi connectivity index (χ1v) is 23.3. The Bertz CT molecular complexity index is 2820. The molecule has 3 aromatic rings. The lowest BCUT2D eigenvalue weighted by atomic mass is 9.78. The van der Waals surface area contributed by atoms with Crippen molar-refractivity contribution >= 4 is 61.5 Å². The number of carbonyl (C=O) groups excluding carboxylic acids is 4. The largest absolute Gasteiger partial charge is 0.507 e. The average Bonchev–Trinajstić information content (AvgIpc) is 4.00. The van der Waals surface area contributed by atoms with Gasteiger partial charge in [-0.25, -0.2) is 4.98 Å². The molecule has 4 bridgehead atoms. The molecule has 21 nitrogen and oxygen atoms in total. The number of nitro groups is 1. The van der Waals surface area contributed by atoms with Crippen LogP contribution < -0.4 is 26.1 Å². The number of ether oxygens (including phenoxy) is 4. The number of amides is 2. The van der Waals surface area contributed by atoms with Gasteiger partial charge < -0.3 is 50.0 Å². The number of aromatic hydroxyl groups is 2. The summed E-state index contributed by atoms with van der Waals surface area (Å²) in [5, 5.41) is 63.3. The number of thiazole rings is 1. The van der Waals surface area contributed by atoms with E-state index in [2.05, 4.69) is 15.6 Å². The highest BCUT2D eigenvalue weighted by atomic mass is 32.1. The first kappa shape index (κ1) is 50.5. The van der Waals surface area contributed by atoms with Crippen molar-refractivity contribution in [2.75, 3.05) is 37.4 Å². The standard InChI is InChI=1S/C47H57N7O14S/c1-21-11-10-12-22(2)44(62)50-36-35-34(51-47(52-35)14-16-53(17-15-47)20-29(56)49-45-48-19-30(69-45)54(63)64)31-32(40(36)60)39(59)26(6)42-33(31)43(61)46(8,68-42)66-18-13-28(65-9)23(3)41(67-27(7)55)25(5)38(58)24(4)37(21)57/h10-13,18-19,21,23-25,28,37-38,41,57-60H,14-17,20H2,1-9H3,(H,50,62)(H,48,49,56)/b11-10+,18-13+,22-12-/t21-,23+,24+,25+,28-,37-,38+,41+,46-/m0/s1. The molecule has 370 valence electrons. The smallest absolute Gasteiger partial charge is 0.345 e. The van der Waals surface area contributed by atoms with Gasteiger partial charge in [0.05, 0.1) is 52.3 Å². The molecule has 1 spiro atoms. The molecule has 1 aromatic heterocycles. The second-order valence-electron chi connectivity index (χ2n) is 18.3. The zero-order valence-electron chi connectivity index (χ0n) is 39.6. The molecule has 0 radical (unpaired) electrons. The maximum atomic E-state index is 14.8. The fraction of sp³-hybridized carbons (Fsp3) is 0.511. The van der Waals surface area contributed by atoms with Crippen molar-refractivity contribution < 1.29 is 63.5 Å². The summed E-state index contributed by atoms with van der Waals surface area (Å²) in [4.78, 5) is 80.6. The molecule has 0 saturated carbocycles. The monoisotopic (exact) mass is 975 g/mol. The Kier molecular flexibility index (Phi) is 14.3. The average molecular weight is 976 g/mol. The Morgan fingerprint density at radius 2 is 1.70 bits per heavy atom. The number of aliphatic hydroxyl groups excluding tert-OH is 2. The number of hydrogen-bond donors (Lipinski definition) is 6. The van der Waals surface area contributed by atoms with Crippen LogP contribution in [0.5, 0.6) is 17.2 Å². The van der Waals surface area contributed by atoms with Gasteiger partial charge in [0.2, 0.25) is 5.91 Å². The van der Waals surface area contributed by atoms with Crippen LogP contribution in [0.4, 0.5) is 15.8 Å². The highest BCUT2D eigenvalue weighted by molar-refractivity contribution is 7.18. The number of esters is 1. The van der Waals surface area contributed by atoms with Gasteiger partial charge in [0.25, 0.3) is 11.7 Å². The lowest BCUT2D eigenvalue weighted by Crippen LogP contribution is -2.46. The number of Topliss-reactive ketones (excluding diaryl/α,β-unsaturated/α-hetero) is 1. The molecule has 2 aromatic carbocycles. The molecule has 0 unspecified atom stereocenters. The number of fused-ring (bicyclic) bond motifs is 1. The van der Waals surface area contributed by atoms with E-state index in [-0.39, 0.29) is 79.1 Å². The van der Waals surface area contributed by atoms with Crippen LogP contribution in [0.1, 0.15) is 77.2 Å². The minimum atomic E-state index is -2.05. The molecule has 7 rings (SSSR count). The third kappa shape index (κ3) is 9.67. The molecule has 22 heteroatoms. The van der Waals surface area contributed by atoms with Crippen molar-refractivity contribution in [2.24, 2.45) is 33.7 Å². The van der Waals surface area contributed by atoms with E-state index >= 15 is 0 Å². The number of phenolic OH excluding ortho intramolecular Hbond substituents is 2. The Morgan fingerprint density at radius 1 is 1.01 bits per heavy atom. The van der Waals surface area contributed by atoms with Crippen LogP contribution >= 0.6 is 11.3 Å². The van der Waals surface area contributed by atoms with Crippen molar-refractivity contribution in [3.05, 3.63) is 74.3 Å². The summed E-state index contributed by atoms with van der Waals surface area (Å²) in [6.07, 6.45) is 5.05. The first-order chi connectivity index (χ1) is 32.5. The number of aromatic nitrogens is 1. The number of piperidine rings is 1. The van der Waals surface area contributed by atoms with E-state index in [1.807, 2.05) is 4.90 Å². The fourth-order valence-electron chi connectivity index (χ4n) is 9.43. The zero-order valence-corrected chi connectivity index (χ0v) is 40.5. The van der Waals surface area contributed by atoms with Crippen LogP contribution in [0.15, 0.2) is 52.3 Å². The van der Waals surface area contributed by atoms with Gasteiger partial charge >= 0.3 is 16.8 Å². The van der Waals surface area contributed by atoms with E-state index in [9.17, 15) is 49.7 Å². The third-order valence-electron chi connectivity index (χ3n) is 13.6.